The smallest absolute Gasteiger partial charge is 0.257 e. The van der Waals surface area contributed by atoms with Crippen LogP contribution in [0.4, 0.5) is 5.69 Å². The molecule has 2 heterocycles. The molecule has 1 aliphatic heterocycles. The molecule has 1 aliphatic rings. The number of fused-ring (bicyclic) bond motifs is 1. The van der Waals surface area contributed by atoms with Gasteiger partial charge in [0.05, 0.1) is 24.5 Å². The monoisotopic (exact) mass is 337 g/mol. The second-order valence-electron chi connectivity index (χ2n) is 5.44. The van der Waals surface area contributed by atoms with Gasteiger partial charge in [-0.15, -0.1) is 5.10 Å². The van der Waals surface area contributed by atoms with E-state index in [0.717, 1.165) is 6.42 Å². The van der Waals surface area contributed by atoms with Gasteiger partial charge < -0.3 is 14.8 Å². The van der Waals surface area contributed by atoms with Gasteiger partial charge in [0.2, 0.25) is 0 Å². The first-order chi connectivity index (χ1) is 12.3. The molecule has 3 aromatic rings. The topological polar surface area (TPSA) is 91.2 Å². The van der Waals surface area contributed by atoms with Crippen molar-refractivity contribution in [2.45, 2.75) is 6.42 Å². The molecule has 1 N–H and O–H groups in total. The molecule has 25 heavy (non-hydrogen) atoms. The van der Waals surface area contributed by atoms with E-state index >= 15 is 0 Å². The SMILES string of the molecule is O=C(Nc1ccc2c(c1)OCCCO2)c1ccccc1-n1cnnn1. The van der Waals surface area contributed by atoms with Crippen LogP contribution in [-0.4, -0.2) is 39.3 Å². The van der Waals surface area contributed by atoms with Crippen molar-refractivity contribution in [3.8, 4) is 17.2 Å². The summed E-state index contributed by atoms with van der Waals surface area (Å²) in [5.41, 5.74) is 1.68. The van der Waals surface area contributed by atoms with E-state index in [0.29, 0.717) is 41.7 Å². The van der Waals surface area contributed by atoms with E-state index in [-0.39, 0.29) is 5.91 Å². The van der Waals surface area contributed by atoms with Crippen LogP contribution in [0.5, 0.6) is 11.5 Å². The van der Waals surface area contributed by atoms with Gasteiger partial charge in [-0.1, -0.05) is 12.1 Å². The summed E-state index contributed by atoms with van der Waals surface area (Å²) in [5, 5.41) is 13.9. The van der Waals surface area contributed by atoms with E-state index in [2.05, 4.69) is 20.8 Å². The summed E-state index contributed by atoms with van der Waals surface area (Å²) in [7, 11) is 0. The number of hydrogen-bond donors (Lipinski definition) is 1. The Morgan fingerprint density at radius 2 is 1.92 bits per heavy atom. The Kier molecular flexibility index (Phi) is 3.99. The molecule has 2 aromatic carbocycles. The number of anilines is 1. The predicted octanol–water partition coefficient (Wildman–Crippen LogP) is 2.08. The highest BCUT2D eigenvalue weighted by atomic mass is 16.5. The zero-order valence-corrected chi connectivity index (χ0v) is 13.3. The highest BCUT2D eigenvalue weighted by molar-refractivity contribution is 6.06. The minimum atomic E-state index is -0.263. The number of amides is 1. The van der Waals surface area contributed by atoms with Crippen LogP contribution >= 0.6 is 0 Å². The fraction of sp³-hybridized carbons (Fsp3) is 0.176. The first-order valence-corrected chi connectivity index (χ1v) is 7.85. The van der Waals surface area contributed by atoms with E-state index in [4.69, 9.17) is 9.47 Å². The van der Waals surface area contributed by atoms with Gasteiger partial charge in [0.25, 0.3) is 5.91 Å². The number of benzene rings is 2. The van der Waals surface area contributed by atoms with Crippen molar-refractivity contribution < 1.29 is 14.3 Å². The zero-order valence-electron chi connectivity index (χ0n) is 13.3. The van der Waals surface area contributed by atoms with Gasteiger partial charge in [0.15, 0.2) is 11.5 Å². The summed E-state index contributed by atoms with van der Waals surface area (Å²) in [6.45, 7) is 1.21. The molecule has 0 saturated heterocycles. The molecule has 0 spiro atoms. The molecule has 4 rings (SSSR count). The highest BCUT2D eigenvalue weighted by Crippen LogP contribution is 2.32. The lowest BCUT2D eigenvalue weighted by Crippen LogP contribution is -2.15. The van der Waals surface area contributed by atoms with Crippen LogP contribution in [0.1, 0.15) is 16.8 Å². The van der Waals surface area contributed by atoms with Crippen LogP contribution in [0.3, 0.4) is 0 Å². The number of carbonyl (C=O) groups excluding carboxylic acids is 1. The fourth-order valence-electron chi connectivity index (χ4n) is 2.58. The van der Waals surface area contributed by atoms with Crippen molar-refractivity contribution in [3.63, 3.8) is 0 Å². The second kappa shape index (κ2) is 6.60. The molecule has 0 saturated carbocycles. The molecular weight excluding hydrogens is 322 g/mol. The summed E-state index contributed by atoms with van der Waals surface area (Å²) < 4.78 is 12.7. The van der Waals surface area contributed by atoms with Crippen LogP contribution in [0.2, 0.25) is 0 Å². The standard InChI is InChI=1S/C17H15N5O3/c23-17(13-4-1-2-5-14(13)22-11-18-20-21-22)19-12-6-7-15-16(10-12)25-9-3-8-24-15/h1-2,4-7,10-11H,3,8-9H2,(H,19,23). The summed E-state index contributed by atoms with van der Waals surface area (Å²) >= 11 is 0. The first kappa shape index (κ1) is 15.1. The maximum atomic E-state index is 12.7. The molecule has 0 bridgehead atoms. The van der Waals surface area contributed by atoms with Gasteiger partial charge in [0, 0.05) is 18.2 Å². The number of para-hydroxylation sites is 1. The lowest BCUT2D eigenvalue weighted by molar-refractivity contribution is 0.102. The van der Waals surface area contributed by atoms with Crippen LogP contribution < -0.4 is 14.8 Å². The van der Waals surface area contributed by atoms with Crippen molar-refractivity contribution in [2.24, 2.45) is 0 Å². The number of nitrogens with zero attached hydrogens (tertiary/aromatic N) is 4. The van der Waals surface area contributed by atoms with Crippen LogP contribution in [0.25, 0.3) is 5.69 Å². The Labute approximate surface area is 143 Å². The Morgan fingerprint density at radius 1 is 1.08 bits per heavy atom. The first-order valence-electron chi connectivity index (χ1n) is 7.85. The zero-order chi connectivity index (χ0) is 17.1. The molecule has 0 radical (unpaired) electrons. The van der Waals surface area contributed by atoms with Gasteiger partial charge >= 0.3 is 0 Å². The lowest BCUT2D eigenvalue weighted by Gasteiger charge is -2.12. The Bertz CT molecular complexity index is 895. The van der Waals surface area contributed by atoms with E-state index in [9.17, 15) is 4.79 Å². The van der Waals surface area contributed by atoms with Gasteiger partial charge in [-0.3, -0.25) is 4.79 Å². The fourth-order valence-corrected chi connectivity index (χ4v) is 2.58. The van der Waals surface area contributed by atoms with Gasteiger partial charge in [-0.2, -0.15) is 4.68 Å². The quantitative estimate of drug-likeness (QED) is 0.787. The molecular formula is C17H15N5O3. The second-order valence-corrected chi connectivity index (χ2v) is 5.44. The van der Waals surface area contributed by atoms with Gasteiger partial charge in [-0.25, -0.2) is 0 Å². The number of hydrogen-bond acceptors (Lipinski definition) is 6. The Morgan fingerprint density at radius 3 is 2.76 bits per heavy atom. The third-order valence-corrected chi connectivity index (χ3v) is 3.75. The number of ether oxygens (including phenoxy) is 2. The maximum absolute atomic E-state index is 12.7. The molecule has 0 aliphatic carbocycles. The van der Waals surface area contributed by atoms with Crippen molar-refractivity contribution in [3.05, 3.63) is 54.4 Å². The van der Waals surface area contributed by atoms with Crippen LogP contribution in [0, 0.1) is 0 Å². The van der Waals surface area contributed by atoms with Gasteiger partial charge in [-0.05, 0) is 34.7 Å². The maximum Gasteiger partial charge on any atom is 0.257 e. The normalized spacial score (nSPS) is 13.1. The van der Waals surface area contributed by atoms with Crippen molar-refractivity contribution in [1.82, 2.24) is 20.2 Å². The number of carbonyl (C=O) groups is 1. The largest absolute Gasteiger partial charge is 0.490 e. The van der Waals surface area contributed by atoms with Crippen molar-refractivity contribution >= 4 is 11.6 Å². The molecule has 1 amide bonds. The predicted molar refractivity (Wildman–Crippen MR) is 89.2 cm³/mol. The summed E-state index contributed by atoms with van der Waals surface area (Å²) in [6, 6.07) is 12.4. The van der Waals surface area contributed by atoms with E-state index in [1.54, 1.807) is 36.4 Å². The Balaban J connectivity index is 1.60. The van der Waals surface area contributed by atoms with Crippen molar-refractivity contribution in [1.29, 1.82) is 0 Å². The van der Waals surface area contributed by atoms with E-state index < -0.39 is 0 Å². The third kappa shape index (κ3) is 3.14. The minimum absolute atomic E-state index is 0.263. The molecule has 126 valence electrons. The Hall–Kier alpha value is -3.42. The molecule has 0 atom stereocenters. The number of tetrazole rings is 1. The van der Waals surface area contributed by atoms with Gasteiger partial charge in [0.1, 0.15) is 6.33 Å². The molecule has 0 unspecified atom stereocenters. The lowest BCUT2D eigenvalue weighted by atomic mass is 10.1. The molecule has 0 fully saturated rings. The summed E-state index contributed by atoms with van der Waals surface area (Å²) in [5.74, 6) is 1.05. The number of rotatable bonds is 3. The molecule has 8 heteroatoms. The summed E-state index contributed by atoms with van der Waals surface area (Å²) in [4.78, 5) is 12.7. The van der Waals surface area contributed by atoms with E-state index in [1.807, 2.05) is 6.07 Å². The summed E-state index contributed by atoms with van der Waals surface area (Å²) in [6.07, 6.45) is 2.27. The molecule has 8 nitrogen and oxygen atoms in total. The minimum Gasteiger partial charge on any atom is -0.490 e. The number of aromatic nitrogens is 4. The highest BCUT2D eigenvalue weighted by Gasteiger charge is 2.15. The van der Waals surface area contributed by atoms with Crippen molar-refractivity contribution in [2.75, 3.05) is 18.5 Å². The van der Waals surface area contributed by atoms with Crippen LogP contribution in [0.15, 0.2) is 48.8 Å². The third-order valence-electron chi connectivity index (χ3n) is 3.75. The van der Waals surface area contributed by atoms with Crippen LogP contribution in [-0.2, 0) is 0 Å². The van der Waals surface area contributed by atoms with E-state index in [1.165, 1.54) is 11.0 Å². The molecule has 1 aromatic heterocycles. The average molecular weight is 337 g/mol. The average Bonchev–Trinajstić information content (AvgIpc) is 3.07. The number of nitrogens with one attached hydrogen (secondary N) is 1.